The van der Waals surface area contributed by atoms with E-state index in [0.29, 0.717) is 5.56 Å². The minimum Gasteiger partial charge on any atom is -0.352 e. The molecule has 0 atom stereocenters. The number of likely N-dealkylation sites (N-methyl/N-ethyl adjacent to an activating group) is 1. The van der Waals surface area contributed by atoms with Gasteiger partial charge >= 0.3 is 0 Å². The van der Waals surface area contributed by atoms with E-state index in [1.54, 1.807) is 13.1 Å². The van der Waals surface area contributed by atoms with E-state index in [9.17, 15) is 18.0 Å². The molecule has 0 unspecified atom stereocenters. The summed E-state index contributed by atoms with van der Waals surface area (Å²) in [6.45, 7) is -0.283. The molecule has 0 saturated heterocycles. The van der Waals surface area contributed by atoms with Crippen LogP contribution in [0.5, 0.6) is 0 Å². The molecule has 1 aliphatic carbocycles. The lowest BCUT2D eigenvalue weighted by molar-refractivity contribution is -0.120. The molecule has 1 aromatic carbocycles. The van der Waals surface area contributed by atoms with Gasteiger partial charge in [0.05, 0.1) is 17.9 Å². The van der Waals surface area contributed by atoms with E-state index < -0.39 is 10.0 Å². The number of carbonyl (C=O) groups is 2. The highest BCUT2D eigenvalue weighted by Crippen LogP contribution is 2.29. The van der Waals surface area contributed by atoms with E-state index in [-0.39, 0.29) is 35.7 Å². The number of nitrogens with one attached hydrogen (secondary N) is 2. The Morgan fingerprint density at radius 3 is 2.58 bits per heavy atom. The Labute approximate surface area is 154 Å². The fourth-order valence-corrected chi connectivity index (χ4v) is 4.59. The second-order valence-electron chi connectivity index (χ2n) is 7.00. The Morgan fingerprint density at radius 1 is 1.19 bits per heavy atom. The number of amides is 2. The molecule has 8 heteroatoms. The normalized spacial score (nSPS) is 18.5. The molecular formula is C18H25N3O4S. The average molecular weight is 379 g/mol. The molecule has 1 aromatic rings. The third kappa shape index (κ3) is 4.24. The van der Waals surface area contributed by atoms with Gasteiger partial charge in [0.2, 0.25) is 21.8 Å². The van der Waals surface area contributed by atoms with Crippen molar-refractivity contribution in [2.45, 2.75) is 55.9 Å². The highest BCUT2D eigenvalue weighted by Gasteiger charge is 2.26. The minimum absolute atomic E-state index is 0.0646. The van der Waals surface area contributed by atoms with Crippen molar-refractivity contribution in [2.24, 2.45) is 0 Å². The van der Waals surface area contributed by atoms with Gasteiger partial charge in [-0.1, -0.05) is 25.7 Å². The van der Waals surface area contributed by atoms with Gasteiger partial charge in [0.1, 0.15) is 0 Å². The number of fused-ring (bicyclic) bond motifs is 1. The number of hydrogen-bond donors (Lipinski definition) is 2. The lowest BCUT2D eigenvalue weighted by Crippen LogP contribution is -2.41. The molecule has 0 aromatic heterocycles. The first kappa shape index (κ1) is 18.8. The number of carbonyl (C=O) groups excluding carboxylic acids is 2. The van der Waals surface area contributed by atoms with Crippen molar-refractivity contribution >= 4 is 27.5 Å². The van der Waals surface area contributed by atoms with Gasteiger partial charge in [-0.2, -0.15) is 0 Å². The zero-order valence-corrected chi connectivity index (χ0v) is 15.8. The van der Waals surface area contributed by atoms with Gasteiger partial charge < -0.3 is 10.2 Å². The van der Waals surface area contributed by atoms with Crippen LogP contribution < -0.4 is 14.9 Å². The monoisotopic (exact) mass is 379 g/mol. The zero-order chi connectivity index (χ0) is 18.7. The van der Waals surface area contributed by atoms with E-state index >= 15 is 0 Å². The van der Waals surface area contributed by atoms with Crippen molar-refractivity contribution < 1.29 is 18.0 Å². The van der Waals surface area contributed by atoms with Crippen molar-refractivity contribution in [3.8, 4) is 0 Å². The Bertz CT molecular complexity index is 799. The Hall–Kier alpha value is -1.93. The van der Waals surface area contributed by atoms with E-state index in [2.05, 4.69) is 10.0 Å². The molecule has 0 bridgehead atoms. The number of rotatable bonds is 5. The molecular weight excluding hydrogens is 354 g/mol. The van der Waals surface area contributed by atoms with Crippen LogP contribution in [0.2, 0.25) is 0 Å². The van der Waals surface area contributed by atoms with Crippen molar-refractivity contribution in [3.05, 3.63) is 23.8 Å². The number of nitrogens with zero attached hydrogens (tertiary/aromatic N) is 1. The van der Waals surface area contributed by atoms with Crippen LogP contribution in [-0.2, 0) is 26.0 Å². The maximum Gasteiger partial charge on any atom is 0.241 e. The van der Waals surface area contributed by atoms with Crippen LogP contribution in [0.25, 0.3) is 0 Å². The number of benzene rings is 1. The van der Waals surface area contributed by atoms with Crippen LogP contribution in [0.15, 0.2) is 23.1 Å². The Morgan fingerprint density at radius 2 is 1.88 bits per heavy atom. The van der Waals surface area contributed by atoms with Gasteiger partial charge in [-0.3, -0.25) is 9.59 Å². The molecule has 2 N–H and O–H groups in total. The zero-order valence-electron chi connectivity index (χ0n) is 15.0. The van der Waals surface area contributed by atoms with Crippen LogP contribution in [-0.4, -0.2) is 39.9 Å². The molecule has 3 rings (SSSR count). The lowest BCUT2D eigenvalue weighted by Gasteiger charge is -2.16. The van der Waals surface area contributed by atoms with Crippen molar-refractivity contribution in [3.63, 3.8) is 0 Å². The smallest absolute Gasteiger partial charge is 0.241 e. The van der Waals surface area contributed by atoms with Gasteiger partial charge in [0.25, 0.3) is 0 Å². The lowest BCUT2D eigenvalue weighted by atomic mass is 10.1. The summed E-state index contributed by atoms with van der Waals surface area (Å²) >= 11 is 0. The first-order chi connectivity index (χ1) is 12.4. The van der Waals surface area contributed by atoms with Crippen LogP contribution in [0.3, 0.4) is 0 Å². The van der Waals surface area contributed by atoms with Gasteiger partial charge in [0, 0.05) is 18.8 Å². The molecule has 0 spiro atoms. The van der Waals surface area contributed by atoms with E-state index in [0.717, 1.165) is 31.4 Å². The summed E-state index contributed by atoms with van der Waals surface area (Å²) in [6, 6.07) is 4.72. The summed E-state index contributed by atoms with van der Waals surface area (Å²) in [7, 11) is -2.14. The van der Waals surface area contributed by atoms with Crippen LogP contribution >= 0.6 is 0 Å². The summed E-state index contributed by atoms with van der Waals surface area (Å²) in [5.74, 6) is -0.373. The fraction of sp³-hybridized carbons (Fsp3) is 0.556. The van der Waals surface area contributed by atoms with E-state index in [4.69, 9.17) is 0 Å². The third-order valence-electron chi connectivity index (χ3n) is 5.08. The van der Waals surface area contributed by atoms with E-state index in [1.165, 1.54) is 29.9 Å². The van der Waals surface area contributed by atoms with Crippen LogP contribution in [0.1, 0.15) is 44.1 Å². The van der Waals surface area contributed by atoms with Gasteiger partial charge in [0.15, 0.2) is 0 Å². The maximum absolute atomic E-state index is 12.5. The SMILES string of the molecule is CN1C(=O)Cc2cc(S(=O)(=O)NCC(=O)NC3CCCCCC3)ccc21. The summed E-state index contributed by atoms with van der Waals surface area (Å²) < 4.78 is 27.3. The summed E-state index contributed by atoms with van der Waals surface area (Å²) in [5.41, 5.74) is 1.41. The number of sulfonamides is 1. The predicted molar refractivity (Wildman–Crippen MR) is 98.4 cm³/mol. The molecule has 0 radical (unpaired) electrons. The first-order valence-corrected chi connectivity index (χ1v) is 10.5. The first-order valence-electron chi connectivity index (χ1n) is 9.05. The maximum atomic E-state index is 12.5. The minimum atomic E-state index is -3.80. The molecule has 1 aliphatic heterocycles. The second kappa shape index (κ2) is 7.75. The predicted octanol–water partition coefficient (Wildman–Crippen LogP) is 1.32. The van der Waals surface area contributed by atoms with Crippen molar-refractivity contribution in [1.29, 1.82) is 0 Å². The van der Waals surface area contributed by atoms with Crippen LogP contribution in [0.4, 0.5) is 5.69 Å². The molecule has 1 heterocycles. The van der Waals surface area contributed by atoms with Gasteiger partial charge in [-0.15, -0.1) is 0 Å². The van der Waals surface area contributed by atoms with Gasteiger partial charge in [-0.05, 0) is 36.6 Å². The Kier molecular flexibility index (Phi) is 5.62. The molecule has 7 nitrogen and oxygen atoms in total. The summed E-state index contributed by atoms with van der Waals surface area (Å²) in [6.07, 6.45) is 6.66. The molecule has 1 fully saturated rings. The van der Waals surface area contributed by atoms with E-state index in [1.807, 2.05) is 0 Å². The summed E-state index contributed by atoms with van der Waals surface area (Å²) in [4.78, 5) is 25.4. The molecule has 2 aliphatic rings. The van der Waals surface area contributed by atoms with Crippen molar-refractivity contribution in [2.75, 3.05) is 18.5 Å². The van der Waals surface area contributed by atoms with Crippen molar-refractivity contribution in [1.82, 2.24) is 10.0 Å². The largest absolute Gasteiger partial charge is 0.352 e. The quantitative estimate of drug-likeness (QED) is 0.755. The molecule has 2 amide bonds. The highest BCUT2D eigenvalue weighted by molar-refractivity contribution is 7.89. The van der Waals surface area contributed by atoms with Gasteiger partial charge in [-0.25, -0.2) is 13.1 Å². The molecule has 142 valence electrons. The third-order valence-corrected chi connectivity index (χ3v) is 6.48. The highest BCUT2D eigenvalue weighted by atomic mass is 32.2. The van der Waals surface area contributed by atoms with Crippen LogP contribution in [0, 0.1) is 0 Å². The second-order valence-corrected chi connectivity index (χ2v) is 8.77. The fourth-order valence-electron chi connectivity index (χ4n) is 3.56. The number of hydrogen-bond acceptors (Lipinski definition) is 4. The summed E-state index contributed by atoms with van der Waals surface area (Å²) in [5, 5.41) is 2.92. The standard InChI is InChI=1S/C18H25N3O4S/c1-21-16-9-8-15(10-13(16)11-18(21)23)26(24,25)19-12-17(22)20-14-6-4-2-3-5-7-14/h8-10,14,19H,2-7,11-12H2,1H3,(H,20,22). The topological polar surface area (TPSA) is 95.6 Å². The Balaban J connectivity index is 1.60. The molecule has 26 heavy (non-hydrogen) atoms. The average Bonchev–Trinajstić information content (AvgIpc) is 2.78. The molecule has 1 saturated carbocycles. The number of anilines is 1.